The van der Waals surface area contributed by atoms with E-state index in [1.165, 1.54) is 0 Å². The van der Waals surface area contributed by atoms with Gasteiger partial charge in [-0.05, 0) is 12.0 Å². The molecule has 0 aromatic heterocycles. The van der Waals surface area contributed by atoms with Gasteiger partial charge in [-0.3, -0.25) is 9.59 Å². The molecule has 0 aliphatic carbocycles. The van der Waals surface area contributed by atoms with Crippen molar-refractivity contribution in [1.82, 2.24) is 5.32 Å². The van der Waals surface area contributed by atoms with Crippen molar-refractivity contribution >= 4 is 11.7 Å². The second-order valence-electron chi connectivity index (χ2n) is 4.38. The Morgan fingerprint density at radius 2 is 1.82 bits per heavy atom. The van der Waals surface area contributed by atoms with Crippen LogP contribution in [-0.4, -0.2) is 18.2 Å². The fourth-order valence-corrected chi connectivity index (χ4v) is 1.38. The van der Waals surface area contributed by atoms with Gasteiger partial charge in [-0.2, -0.15) is 0 Å². The molecular formula is C14H19NO2. The lowest BCUT2D eigenvalue weighted by atomic mass is 10.1. The number of benzene rings is 1. The van der Waals surface area contributed by atoms with Crippen LogP contribution in [0.25, 0.3) is 0 Å². The van der Waals surface area contributed by atoms with Gasteiger partial charge in [0, 0.05) is 12.3 Å². The molecule has 0 radical (unpaired) electrons. The highest BCUT2D eigenvalue weighted by atomic mass is 16.2. The fraction of sp³-hybridized carbons (Fsp3) is 0.429. The Kier molecular flexibility index (Phi) is 5.40. The SMILES string of the molecule is CC(C)C(=O)CNC(=O)CCc1ccccc1. The van der Waals surface area contributed by atoms with Crippen LogP contribution in [0.2, 0.25) is 0 Å². The highest BCUT2D eigenvalue weighted by Gasteiger charge is 2.08. The summed E-state index contributed by atoms with van der Waals surface area (Å²) in [6.07, 6.45) is 1.14. The van der Waals surface area contributed by atoms with Gasteiger partial charge < -0.3 is 5.32 Å². The summed E-state index contributed by atoms with van der Waals surface area (Å²) in [5, 5.41) is 2.65. The molecule has 0 aliphatic heterocycles. The molecule has 1 rings (SSSR count). The Hall–Kier alpha value is -1.64. The number of amides is 1. The summed E-state index contributed by atoms with van der Waals surface area (Å²) in [6.45, 7) is 3.81. The van der Waals surface area contributed by atoms with E-state index in [0.29, 0.717) is 12.8 Å². The Morgan fingerprint density at radius 3 is 2.41 bits per heavy atom. The molecule has 0 aliphatic rings. The Morgan fingerprint density at radius 1 is 1.18 bits per heavy atom. The number of aryl methyl sites for hydroxylation is 1. The number of carbonyl (C=O) groups is 2. The maximum absolute atomic E-state index is 11.5. The minimum absolute atomic E-state index is 0.0237. The molecule has 0 heterocycles. The quantitative estimate of drug-likeness (QED) is 0.816. The van der Waals surface area contributed by atoms with Crippen molar-refractivity contribution in [3.05, 3.63) is 35.9 Å². The Bertz CT molecular complexity index is 371. The predicted octanol–water partition coefficient (Wildman–Crippen LogP) is 1.96. The number of nitrogens with one attached hydrogen (secondary N) is 1. The molecule has 3 heteroatoms. The van der Waals surface area contributed by atoms with Crippen LogP contribution < -0.4 is 5.32 Å². The van der Waals surface area contributed by atoms with E-state index in [0.717, 1.165) is 5.56 Å². The fourth-order valence-electron chi connectivity index (χ4n) is 1.38. The molecule has 0 fully saturated rings. The van der Waals surface area contributed by atoms with Gasteiger partial charge in [-0.1, -0.05) is 44.2 Å². The third kappa shape index (κ3) is 5.29. The first-order valence-electron chi connectivity index (χ1n) is 5.93. The van der Waals surface area contributed by atoms with Crippen LogP contribution in [0.3, 0.4) is 0 Å². The molecule has 1 aromatic carbocycles. The highest BCUT2D eigenvalue weighted by molar-refractivity contribution is 5.87. The lowest BCUT2D eigenvalue weighted by molar-refractivity contribution is -0.126. The summed E-state index contributed by atoms with van der Waals surface area (Å²) in [7, 11) is 0. The number of rotatable bonds is 6. The Labute approximate surface area is 102 Å². The van der Waals surface area contributed by atoms with Crippen molar-refractivity contribution in [3.63, 3.8) is 0 Å². The monoisotopic (exact) mass is 233 g/mol. The van der Waals surface area contributed by atoms with Crippen LogP contribution in [0, 0.1) is 5.92 Å². The van der Waals surface area contributed by atoms with Gasteiger partial charge in [0.25, 0.3) is 0 Å². The first kappa shape index (κ1) is 13.4. The summed E-state index contributed by atoms with van der Waals surface area (Å²) in [4.78, 5) is 22.8. The molecule has 0 spiro atoms. The topological polar surface area (TPSA) is 46.2 Å². The van der Waals surface area contributed by atoms with Crippen molar-refractivity contribution < 1.29 is 9.59 Å². The minimum atomic E-state index is -0.0668. The van der Waals surface area contributed by atoms with E-state index in [1.54, 1.807) is 0 Å². The number of ketones is 1. The third-order valence-electron chi connectivity index (χ3n) is 2.59. The smallest absolute Gasteiger partial charge is 0.220 e. The van der Waals surface area contributed by atoms with E-state index in [1.807, 2.05) is 44.2 Å². The van der Waals surface area contributed by atoms with Crippen LogP contribution in [-0.2, 0) is 16.0 Å². The lowest BCUT2D eigenvalue weighted by Gasteiger charge is -2.06. The summed E-state index contributed by atoms with van der Waals surface area (Å²) in [5.74, 6) is -0.0228. The van der Waals surface area contributed by atoms with E-state index < -0.39 is 0 Å². The van der Waals surface area contributed by atoms with Crippen molar-refractivity contribution in [3.8, 4) is 0 Å². The molecule has 0 unspecified atom stereocenters. The predicted molar refractivity (Wildman–Crippen MR) is 67.6 cm³/mol. The lowest BCUT2D eigenvalue weighted by Crippen LogP contribution is -2.31. The first-order valence-corrected chi connectivity index (χ1v) is 5.93. The average Bonchev–Trinajstić information content (AvgIpc) is 2.34. The molecule has 0 bridgehead atoms. The largest absolute Gasteiger partial charge is 0.349 e. The maximum Gasteiger partial charge on any atom is 0.220 e. The van der Waals surface area contributed by atoms with E-state index >= 15 is 0 Å². The number of hydrogen-bond donors (Lipinski definition) is 1. The van der Waals surface area contributed by atoms with Crippen LogP contribution >= 0.6 is 0 Å². The third-order valence-corrected chi connectivity index (χ3v) is 2.59. The van der Waals surface area contributed by atoms with Gasteiger partial charge in [0.05, 0.1) is 6.54 Å². The number of hydrogen-bond acceptors (Lipinski definition) is 2. The van der Waals surface area contributed by atoms with Gasteiger partial charge in [0.15, 0.2) is 5.78 Å². The zero-order valence-corrected chi connectivity index (χ0v) is 10.4. The molecular weight excluding hydrogens is 214 g/mol. The number of carbonyl (C=O) groups excluding carboxylic acids is 2. The molecule has 0 saturated heterocycles. The van der Waals surface area contributed by atoms with Gasteiger partial charge in [-0.15, -0.1) is 0 Å². The molecule has 1 N–H and O–H groups in total. The van der Waals surface area contributed by atoms with Crippen molar-refractivity contribution in [2.75, 3.05) is 6.54 Å². The van der Waals surface area contributed by atoms with Crippen LogP contribution in [0.15, 0.2) is 30.3 Å². The summed E-state index contributed by atoms with van der Waals surface area (Å²) in [5.41, 5.74) is 1.14. The first-order chi connectivity index (χ1) is 8.09. The zero-order chi connectivity index (χ0) is 12.7. The highest BCUT2D eigenvalue weighted by Crippen LogP contribution is 2.02. The normalized spacial score (nSPS) is 10.3. The number of Topliss-reactive ketones (excluding diaryl/α,β-unsaturated/α-hetero) is 1. The van der Waals surface area contributed by atoms with Crippen LogP contribution in [0.1, 0.15) is 25.8 Å². The van der Waals surface area contributed by atoms with E-state index in [2.05, 4.69) is 5.32 Å². The van der Waals surface area contributed by atoms with Crippen LogP contribution in [0.4, 0.5) is 0 Å². The van der Waals surface area contributed by atoms with Crippen molar-refractivity contribution in [1.29, 1.82) is 0 Å². The van der Waals surface area contributed by atoms with E-state index in [9.17, 15) is 9.59 Å². The van der Waals surface area contributed by atoms with Gasteiger partial charge in [0.1, 0.15) is 0 Å². The molecule has 0 atom stereocenters. The summed E-state index contributed by atoms with van der Waals surface area (Å²) >= 11 is 0. The van der Waals surface area contributed by atoms with Crippen molar-refractivity contribution in [2.24, 2.45) is 5.92 Å². The molecule has 0 saturated carbocycles. The molecule has 1 amide bonds. The van der Waals surface area contributed by atoms with Gasteiger partial charge in [0.2, 0.25) is 5.91 Å². The molecule has 3 nitrogen and oxygen atoms in total. The standard InChI is InChI=1S/C14H19NO2/c1-11(2)13(16)10-15-14(17)9-8-12-6-4-3-5-7-12/h3-7,11H,8-10H2,1-2H3,(H,15,17). The van der Waals surface area contributed by atoms with Crippen LogP contribution in [0.5, 0.6) is 0 Å². The minimum Gasteiger partial charge on any atom is -0.349 e. The second kappa shape index (κ2) is 6.84. The summed E-state index contributed by atoms with van der Waals surface area (Å²) in [6, 6.07) is 9.84. The van der Waals surface area contributed by atoms with Gasteiger partial charge in [-0.25, -0.2) is 0 Å². The van der Waals surface area contributed by atoms with E-state index in [-0.39, 0.29) is 24.2 Å². The summed E-state index contributed by atoms with van der Waals surface area (Å²) < 4.78 is 0. The zero-order valence-electron chi connectivity index (χ0n) is 10.4. The Balaban J connectivity index is 2.24. The van der Waals surface area contributed by atoms with Gasteiger partial charge >= 0.3 is 0 Å². The molecule has 92 valence electrons. The second-order valence-corrected chi connectivity index (χ2v) is 4.38. The average molecular weight is 233 g/mol. The van der Waals surface area contributed by atoms with Crippen molar-refractivity contribution in [2.45, 2.75) is 26.7 Å². The van der Waals surface area contributed by atoms with E-state index in [4.69, 9.17) is 0 Å². The molecule has 17 heavy (non-hydrogen) atoms. The maximum atomic E-state index is 11.5. The molecule has 1 aromatic rings.